The van der Waals surface area contributed by atoms with Crippen LogP contribution in [0.25, 0.3) is 11.5 Å². The van der Waals surface area contributed by atoms with Crippen LogP contribution in [0.15, 0.2) is 22.9 Å². The molecule has 0 saturated heterocycles. The van der Waals surface area contributed by atoms with Gasteiger partial charge in [-0.2, -0.15) is 4.98 Å². The highest BCUT2D eigenvalue weighted by Gasteiger charge is 2.14. The maximum Gasteiger partial charge on any atom is 0.259 e. The summed E-state index contributed by atoms with van der Waals surface area (Å²) in [5.41, 5.74) is 7.20. The first-order valence-corrected chi connectivity index (χ1v) is 4.84. The van der Waals surface area contributed by atoms with Crippen molar-refractivity contribution in [2.75, 3.05) is 6.61 Å². The molecule has 0 aliphatic heterocycles. The van der Waals surface area contributed by atoms with Gasteiger partial charge in [0.05, 0.1) is 18.2 Å². The van der Waals surface area contributed by atoms with Crippen LogP contribution >= 0.6 is 0 Å². The maximum absolute atomic E-state index is 8.85. The Balaban J connectivity index is 2.28. The number of nitrogens with zero attached hydrogens (tertiary/aromatic N) is 3. The molecule has 3 N–H and O–H groups in total. The van der Waals surface area contributed by atoms with Crippen LogP contribution in [-0.4, -0.2) is 26.8 Å². The Morgan fingerprint density at radius 2 is 2.31 bits per heavy atom. The Kier molecular flexibility index (Phi) is 2.93. The molecule has 0 amide bonds. The first-order valence-electron chi connectivity index (χ1n) is 4.84. The SMILES string of the molecule is Cc1ccc(-c2nc(C(N)CO)no2)cn1. The highest BCUT2D eigenvalue weighted by molar-refractivity contribution is 5.50. The molecular formula is C10H12N4O2. The second-order valence-electron chi connectivity index (χ2n) is 3.44. The third-order valence-electron chi connectivity index (χ3n) is 2.13. The Morgan fingerprint density at radius 3 is 2.94 bits per heavy atom. The van der Waals surface area contributed by atoms with Crippen molar-refractivity contribution >= 4 is 0 Å². The van der Waals surface area contributed by atoms with Crippen molar-refractivity contribution in [2.24, 2.45) is 5.73 Å². The summed E-state index contributed by atoms with van der Waals surface area (Å²) in [6.07, 6.45) is 1.65. The van der Waals surface area contributed by atoms with Gasteiger partial charge in [0.2, 0.25) is 0 Å². The highest BCUT2D eigenvalue weighted by Crippen LogP contribution is 2.17. The quantitative estimate of drug-likeness (QED) is 0.778. The van der Waals surface area contributed by atoms with E-state index in [9.17, 15) is 0 Å². The predicted molar refractivity (Wildman–Crippen MR) is 56.3 cm³/mol. The minimum atomic E-state index is -0.615. The van der Waals surface area contributed by atoms with Gasteiger partial charge in [-0.15, -0.1) is 0 Å². The summed E-state index contributed by atoms with van der Waals surface area (Å²) in [5.74, 6) is 0.643. The first-order chi connectivity index (χ1) is 7.70. The lowest BCUT2D eigenvalue weighted by Crippen LogP contribution is -2.15. The molecule has 2 rings (SSSR count). The molecule has 2 aromatic heterocycles. The molecule has 6 heteroatoms. The van der Waals surface area contributed by atoms with Crippen LogP contribution in [0, 0.1) is 6.92 Å². The number of pyridine rings is 1. The fraction of sp³-hybridized carbons (Fsp3) is 0.300. The molecule has 0 radical (unpaired) electrons. The van der Waals surface area contributed by atoms with Gasteiger partial charge >= 0.3 is 0 Å². The number of aromatic nitrogens is 3. The molecule has 0 fully saturated rings. The summed E-state index contributed by atoms with van der Waals surface area (Å²) >= 11 is 0. The van der Waals surface area contributed by atoms with Crippen molar-refractivity contribution in [3.8, 4) is 11.5 Å². The Morgan fingerprint density at radius 1 is 1.50 bits per heavy atom. The largest absolute Gasteiger partial charge is 0.394 e. The smallest absolute Gasteiger partial charge is 0.259 e. The summed E-state index contributed by atoms with van der Waals surface area (Å²) in [4.78, 5) is 8.20. The zero-order valence-electron chi connectivity index (χ0n) is 8.79. The summed E-state index contributed by atoms with van der Waals surface area (Å²) in [6.45, 7) is 1.68. The van der Waals surface area contributed by atoms with Crippen molar-refractivity contribution in [2.45, 2.75) is 13.0 Å². The molecule has 1 unspecified atom stereocenters. The van der Waals surface area contributed by atoms with Crippen molar-refractivity contribution < 1.29 is 9.63 Å². The molecule has 0 aliphatic carbocycles. The van der Waals surface area contributed by atoms with Gasteiger partial charge in [0, 0.05) is 11.9 Å². The molecule has 2 heterocycles. The second kappa shape index (κ2) is 4.38. The number of rotatable bonds is 3. The van der Waals surface area contributed by atoms with Crippen LogP contribution in [0.2, 0.25) is 0 Å². The average Bonchev–Trinajstić information content (AvgIpc) is 2.78. The van der Waals surface area contributed by atoms with E-state index in [2.05, 4.69) is 15.1 Å². The monoisotopic (exact) mass is 220 g/mol. The van der Waals surface area contributed by atoms with Crippen LogP contribution in [0.4, 0.5) is 0 Å². The molecule has 6 nitrogen and oxygen atoms in total. The molecule has 0 aliphatic rings. The van der Waals surface area contributed by atoms with E-state index >= 15 is 0 Å². The van der Waals surface area contributed by atoms with Gasteiger partial charge < -0.3 is 15.4 Å². The third kappa shape index (κ3) is 2.07. The molecule has 0 aromatic carbocycles. The zero-order chi connectivity index (χ0) is 11.5. The minimum Gasteiger partial charge on any atom is -0.394 e. The average molecular weight is 220 g/mol. The predicted octanol–water partition coefficient (Wildman–Crippen LogP) is 0.432. The lowest BCUT2D eigenvalue weighted by Gasteiger charge is -1.98. The van der Waals surface area contributed by atoms with Gasteiger partial charge in [-0.1, -0.05) is 5.16 Å². The number of aryl methyl sites for hydroxylation is 1. The topological polar surface area (TPSA) is 98.1 Å². The number of nitrogens with two attached hydrogens (primary N) is 1. The Labute approximate surface area is 92.1 Å². The lowest BCUT2D eigenvalue weighted by molar-refractivity contribution is 0.260. The second-order valence-corrected chi connectivity index (χ2v) is 3.44. The normalized spacial score (nSPS) is 12.7. The molecule has 2 aromatic rings. The molecule has 16 heavy (non-hydrogen) atoms. The Hall–Kier alpha value is -1.79. The fourth-order valence-corrected chi connectivity index (χ4v) is 1.18. The van der Waals surface area contributed by atoms with E-state index in [1.807, 2.05) is 19.1 Å². The zero-order valence-corrected chi connectivity index (χ0v) is 8.79. The van der Waals surface area contributed by atoms with Crippen LogP contribution in [-0.2, 0) is 0 Å². The summed E-state index contributed by atoms with van der Waals surface area (Å²) in [7, 11) is 0. The van der Waals surface area contributed by atoms with Gasteiger partial charge in [0.25, 0.3) is 5.89 Å². The van der Waals surface area contributed by atoms with E-state index in [0.29, 0.717) is 5.89 Å². The van der Waals surface area contributed by atoms with E-state index in [0.717, 1.165) is 11.3 Å². The minimum absolute atomic E-state index is 0.217. The van der Waals surface area contributed by atoms with Gasteiger partial charge in [0.1, 0.15) is 0 Å². The molecular weight excluding hydrogens is 208 g/mol. The van der Waals surface area contributed by atoms with Crippen LogP contribution in [0.3, 0.4) is 0 Å². The summed E-state index contributed by atoms with van der Waals surface area (Å²) < 4.78 is 5.02. The molecule has 0 saturated carbocycles. The van der Waals surface area contributed by atoms with Crippen LogP contribution in [0.1, 0.15) is 17.6 Å². The van der Waals surface area contributed by atoms with Crippen LogP contribution < -0.4 is 5.73 Å². The third-order valence-corrected chi connectivity index (χ3v) is 2.13. The van der Waals surface area contributed by atoms with Gasteiger partial charge in [-0.05, 0) is 19.1 Å². The van der Waals surface area contributed by atoms with E-state index in [1.54, 1.807) is 6.20 Å². The van der Waals surface area contributed by atoms with Crippen LogP contribution in [0.5, 0.6) is 0 Å². The molecule has 1 atom stereocenters. The molecule has 84 valence electrons. The van der Waals surface area contributed by atoms with E-state index in [-0.39, 0.29) is 12.4 Å². The van der Waals surface area contributed by atoms with Crippen molar-refractivity contribution in [3.05, 3.63) is 29.8 Å². The van der Waals surface area contributed by atoms with E-state index in [1.165, 1.54) is 0 Å². The van der Waals surface area contributed by atoms with E-state index in [4.69, 9.17) is 15.4 Å². The van der Waals surface area contributed by atoms with Crippen molar-refractivity contribution in [1.29, 1.82) is 0 Å². The maximum atomic E-state index is 8.85. The van der Waals surface area contributed by atoms with E-state index < -0.39 is 6.04 Å². The Bertz CT molecular complexity index is 466. The first kappa shape index (κ1) is 10.7. The number of hydrogen-bond acceptors (Lipinski definition) is 6. The summed E-state index contributed by atoms with van der Waals surface area (Å²) in [5, 5.41) is 12.5. The standard InChI is InChI=1S/C10H12N4O2/c1-6-2-3-7(4-12-6)10-13-9(14-16-10)8(11)5-15/h2-4,8,15H,5,11H2,1H3. The van der Waals surface area contributed by atoms with Crippen molar-refractivity contribution in [3.63, 3.8) is 0 Å². The molecule has 0 spiro atoms. The van der Waals surface area contributed by atoms with Crippen molar-refractivity contribution in [1.82, 2.24) is 15.1 Å². The lowest BCUT2D eigenvalue weighted by atomic mass is 10.2. The number of aliphatic hydroxyl groups excluding tert-OH is 1. The van der Waals surface area contributed by atoms with Gasteiger partial charge in [-0.3, -0.25) is 4.98 Å². The highest BCUT2D eigenvalue weighted by atomic mass is 16.5. The van der Waals surface area contributed by atoms with Gasteiger partial charge in [0.15, 0.2) is 5.82 Å². The fourth-order valence-electron chi connectivity index (χ4n) is 1.18. The van der Waals surface area contributed by atoms with Gasteiger partial charge in [-0.25, -0.2) is 0 Å². The number of aliphatic hydroxyl groups is 1. The molecule has 0 bridgehead atoms. The summed E-state index contributed by atoms with van der Waals surface area (Å²) in [6, 6.07) is 3.07. The number of hydrogen-bond donors (Lipinski definition) is 2.